The highest BCUT2D eigenvalue weighted by molar-refractivity contribution is 6.04. The van der Waals surface area contributed by atoms with E-state index >= 15 is 0 Å². The van der Waals surface area contributed by atoms with Crippen LogP contribution in [0.4, 0.5) is 5.69 Å². The number of nitrogens with zero attached hydrogens (tertiary/aromatic N) is 2. The zero-order valence-corrected chi connectivity index (χ0v) is 9.77. The van der Waals surface area contributed by atoms with Gasteiger partial charge in [0.25, 0.3) is 5.91 Å². The van der Waals surface area contributed by atoms with Gasteiger partial charge in [0.15, 0.2) is 0 Å². The average Bonchev–Trinajstić information content (AvgIpc) is 2.33. The molecule has 17 heavy (non-hydrogen) atoms. The molecule has 86 valence electrons. The highest BCUT2D eigenvalue weighted by atomic mass is 16.1. The van der Waals surface area contributed by atoms with E-state index in [0.29, 0.717) is 11.3 Å². The quantitative estimate of drug-likeness (QED) is 0.856. The van der Waals surface area contributed by atoms with E-state index in [2.05, 4.69) is 15.5 Å². The van der Waals surface area contributed by atoms with Gasteiger partial charge in [-0.1, -0.05) is 18.2 Å². The molecule has 0 spiro atoms. The van der Waals surface area contributed by atoms with Crippen molar-refractivity contribution in [2.45, 2.75) is 13.8 Å². The lowest BCUT2D eigenvalue weighted by Gasteiger charge is -2.06. The minimum atomic E-state index is -0.160. The molecule has 0 saturated carbocycles. The van der Waals surface area contributed by atoms with Gasteiger partial charge in [0.2, 0.25) is 0 Å². The number of amides is 1. The van der Waals surface area contributed by atoms with E-state index in [0.717, 1.165) is 11.4 Å². The van der Waals surface area contributed by atoms with Crippen LogP contribution in [-0.4, -0.2) is 16.1 Å². The summed E-state index contributed by atoms with van der Waals surface area (Å²) in [6, 6.07) is 11.1. The summed E-state index contributed by atoms with van der Waals surface area (Å²) in [6.45, 7) is 3.58. The Morgan fingerprint density at radius 2 is 1.82 bits per heavy atom. The molecule has 0 saturated heterocycles. The Morgan fingerprint density at radius 3 is 2.53 bits per heavy atom. The van der Waals surface area contributed by atoms with E-state index in [1.807, 2.05) is 37.3 Å². The van der Waals surface area contributed by atoms with Crippen molar-refractivity contribution in [1.29, 1.82) is 0 Å². The lowest BCUT2D eigenvalue weighted by molar-refractivity contribution is 0.102. The maximum Gasteiger partial charge on any atom is 0.257 e. The summed E-state index contributed by atoms with van der Waals surface area (Å²) in [6.07, 6.45) is 0. The van der Waals surface area contributed by atoms with E-state index in [1.165, 1.54) is 0 Å². The summed E-state index contributed by atoms with van der Waals surface area (Å²) < 4.78 is 0. The number of hydrogen-bond acceptors (Lipinski definition) is 3. The van der Waals surface area contributed by atoms with Crippen LogP contribution in [-0.2, 0) is 0 Å². The second-order valence-electron chi connectivity index (χ2n) is 3.80. The maximum atomic E-state index is 12.0. The van der Waals surface area contributed by atoms with E-state index in [4.69, 9.17) is 0 Å². The fraction of sp³-hybridized carbons (Fsp3) is 0.154. The maximum absolute atomic E-state index is 12.0. The zero-order valence-electron chi connectivity index (χ0n) is 9.77. The van der Waals surface area contributed by atoms with Crippen molar-refractivity contribution in [1.82, 2.24) is 10.2 Å². The first-order valence-electron chi connectivity index (χ1n) is 5.34. The lowest BCUT2D eigenvalue weighted by atomic mass is 10.2. The number of hydrogen-bond donors (Lipinski definition) is 1. The number of rotatable bonds is 2. The SMILES string of the molecule is Cc1cc(C(=O)Nc2ccccc2)c(C)nn1. The Bertz CT molecular complexity index is 538. The zero-order chi connectivity index (χ0) is 12.3. The highest BCUT2D eigenvalue weighted by Gasteiger charge is 2.10. The van der Waals surface area contributed by atoms with Crippen LogP contribution in [0.1, 0.15) is 21.7 Å². The number of anilines is 1. The van der Waals surface area contributed by atoms with Crippen LogP contribution in [0, 0.1) is 13.8 Å². The van der Waals surface area contributed by atoms with Crippen LogP contribution in [0.2, 0.25) is 0 Å². The van der Waals surface area contributed by atoms with Crippen molar-refractivity contribution >= 4 is 11.6 Å². The summed E-state index contributed by atoms with van der Waals surface area (Å²) in [7, 11) is 0. The predicted octanol–water partition coefficient (Wildman–Crippen LogP) is 2.35. The first-order chi connectivity index (χ1) is 8.16. The molecule has 0 bridgehead atoms. The van der Waals surface area contributed by atoms with Crippen molar-refractivity contribution in [3.05, 3.63) is 53.3 Å². The number of para-hydroxylation sites is 1. The summed E-state index contributed by atoms with van der Waals surface area (Å²) in [5, 5.41) is 10.6. The number of carbonyl (C=O) groups excluding carboxylic acids is 1. The molecule has 0 radical (unpaired) electrons. The number of aryl methyl sites for hydroxylation is 2. The third-order valence-corrected chi connectivity index (χ3v) is 2.38. The Kier molecular flexibility index (Phi) is 3.14. The van der Waals surface area contributed by atoms with Crippen molar-refractivity contribution in [2.75, 3.05) is 5.32 Å². The molecule has 1 amide bonds. The smallest absolute Gasteiger partial charge is 0.257 e. The van der Waals surface area contributed by atoms with Crippen molar-refractivity contribution < 1.29 is 4.79 Å². The molecule has 0 unspecified atom stereocenters. The lowest BCUT2D eigenvalue weighted by Crippen LogP contribution is -2.15. The second kappa shape index (κ2) is 4.74. The average molecular weight is 227 g/mol. The van der Waals surface area contributed by atoms with Crippen LogP contribution >= 0.6 is 0 Å². The van der Waals surface area contributed by atoms with Crippen molar-refractivity contribution in [2.24, 2.45) is 0 Å². The van der Waals surface area contributed by atoms with Crippen LogP contribution in [0.15, 0.2) is 36.4 Å². The fourth-order valence-electron chi connectivity index (χ4n) is 1.50. The van der Waals surface area contributed by atoms with Crippen LogP contribution < -0.4 is 5.32 Å². The Morgan fingerprint density at radius 1 is 1.12 bits per heavy atom. The van der Waals surface area contributed by atoms with Crippen LogP contribution in [0.3, 0.4) is 0 Å². The summed E-state index contributed by atoms with van der Waals surface area (Å²) in [5.74, 6) is -0.160. The van der Waals surface area contributed by atoms with Crippen LogP contribution in [0.25, 0.3) is 0 Å². The fourth-order valence-corrected chi connectivity index (χ4v) is 1.50. The summed E-state index contributed by atoms with van der Waals surface area (Å²) >= 11 is 0. The molecule has 0 fully saturated rings. The Balaban J connectivity index is 2.23. The molecule has 2 rings (SSSR count). The number of aromatic nitrogens is 2. The predicted molar refractivity (Wildman–Crippen MR) is 65.9 cm³/mol. The minimum Gasteiger partial charge on any atom is -0.322 e. The minimum absolute atomic E-state index is 0.160. The third-order valence-electron chi connectivity index (χ3n) is 2.38. The Hall–Kier alpha value is -2.23. The van der Waals surface area contributed by atoms with E-state index in [-0.39, 0.29) is 5.91 Å². The standard InChI is InChI=1S/C13H13N3O/c1-9-8-12(10(2)16-15-9)13(17)14-11-6-4-3-5-7-11/h3-8H,1-2H3,(H,14,17). The van der Waals surface area contributed by atoms with Gasteiger partial charge >= 0.3 is 0 Å². The molecule has 0 aliphatic rings. The number of benzene rings is 1. The highest BCUT2D eigenvalue weighted by Crippen LogP contribution is 2.10. The van der Waals surface area contributed by atoms with E-state index < -0.39 is 0 Å². The van der Waals surface area contributed by atoms with Gasteiger partial charge in [-0.2, -0.15) is 10.2 Å². The molecule has 1 aromatic carbocycles. The van der Waals surface area contributed by atoms with Crippen molar-refractivity contribution in [3.63, 3.8) is 0 Å². The largest absolute Gasteiger partial charge is 0.322 e. The first-order valence-corrected chi connectivity index (χ1v) is 5.34. The number of nitrogens with one attached hydrogen (secondary N) is 1. The molecule has 4 nitrogen and oxygen atoms in total. The van der Waals surface area contributed by atoms with Crippen molar-refractivity contribution in [3.8, 4) is 0 Å². The van der Waals surface area contributed by atoms with E-state index in [9.17, 15) is 4.79 Å². The second-order valence-corrected chi connectivity index (χ2v) is 3.80. The van der Waals surface area contributed by atoms with Crippen LogP contribution in [0.5, 0.6) is 0 Å². The molecular weight excluding hydrogens is 214 g/mol. The molecule has 0 atom stereocenters. The monoisotopic (exact) mass is 227 g/mol. The molecule has 2 aromatic rings. The summed E-state index contributed by atoms with van der Waals surface area (Å²) in [4.78, 5) is 12.0. The van der Waals surface area contributed by atoms with E-state index in [1.54, 1.807) is 13.0 Å². The van der Waals surface area contributed by atoms with Gasteiger partial charge in [0.1, 0.15) is 0 Å². The van der Waals surface area contributed by atoms with Gasteiger partial charge in [-0.3, -0.25) is 4.79 Å². The normalized spacial score (nSPS) is 10.0. The van der Waals surface area contributed by atoms with Gasteiger partial charge in [-0.25, -0.2) is 0 Å². The van der Waals surface area contributed by atoms with Gasteiger partial charge in [0, 0.05) is 5.69 Å². The molecule has 0 aliphatic carbocycles. The molecule has 4 heteroatoms. The molecule has 1 heterocycles. The molecule has 0 aliphatic heterocycles. The third kappa shape index (κ3) is 2.66. The van der Waals surface area contributed by atoms with Gasteiger partial charge < -0.3 is 5.32 Å². The molecule has 1 aromatic heterocycles. The molecular formula is C13H13N3O. The first kappa shape index (κ1) is 11.3. The summed E-state index contributed by atoms with van der Waals surface area (Å²) in [5.41, 5.74) is 2.69. The van der Waals surface area contributed by atoms with Gasteiger partial charge in [0.05, 0.1) is 17.0 Å². The molecule has 1 N–H and O–H groups in total. The topological polar surface area (TPSA) is 54.9 Å². The number of carbonyl (C=O) groups is 1. The Labute approximate surface area is 99.7 Å². The van der Waals surface area contributed by atoms with Gasteiger partial charge in [-0.05, 0) is 32.0 Å². The van der Waals surface area contributed by atoms with Gasteiger partial charge in [-0.15, -0.1) is 0 Å².